The molecule has 2 fully saturated rings. The van der Waals surface area contributed by atoms with Crippen molar-refractivity contribution >= 4 is 17.3 Å². The number of nitrogens with zero attached hydrogens (tertiary/aromatic N) is 3. The van der Waals surface area contributed by atoms with Gasteiger partial charge >= 0.3 is 0 Å². The van der Waals surface area contributed by atoms with E-state index in [0.29, 0.717) is 5.69 Å². The van der Waals surface area contributed by atoms with Crippen LogP contribution >= 0.6 is 0 Å². The number of rotatable bonds is 5. The summed E-state index contributed by atoms with van der Waals surface area (Å²) in [7, 11) is 0. The van der Waals surface area contributed by atoms with Gasteiger partial charge in [-0.2, -0.15) is 0 Å². The highest BCUT2D eigenvalue weighted by Crippen LogP contribution is 2.45. The third-order valence-electron chi connectivity index (χ3n) is 7.66. The van der Waals surface area contributed by atoms with E-state index in [1.165, 1.54) is 24.1 Å². The highest BCUT2D eigenvalue weighted by atomic mass is 16.1. The van der Waals surface area contributed by atoms with Crippen LogP contribution < -0.4 is 10.2 Å². The van der Waals surface area contributed by atoms with Gasteiger partial charge in [-0.1, -0.05) is 43.3 Å². The van der Waals surface area contributed by atoms with Crippen molar-refractivity contribution in [2.24, 2.45) is 5.92 Å². The normalized spacial score (nSPS) is 23.4. The minimum absolute atomic E-state index is 0.0288. The van der Waals surface area contributed by atoms with Gasteiger partial charge in [0.25, 0.3) is 5.91 Å². The van der Waals surface area contributed by atoms with Gasteiger partial charge in [-0.05, 0) is 73.6 Å². The van der Waals surface area contributed by atoms with E-state index >= 15 is 0 Å². The second kappa shape index (κ2) is 9.98. The highest BCUT2D eigenvalue weighted by Gasteiger charge is 2.42. The monoisotopic (exact) mass is 454 g/mol. The molecule has 0 unspecified atom stereocenters. The second-order valence-electron chi connectivity index (χ2n) is 9.77. The smallest absolute Gasteiger partial charge is 0.274 e. The summed E-state index contributed by atoms with van der Waals surface area (Å²) in [6.45, 7) is 6.55. The molecule has 2 aromatic carbocycles. The average molecular weight is 455 g/mol. The summed E-state index contributed by atoms with van der Waals surface area (Å²) in [6.07, 6.45) is 6.46. The highest BCUT2D eigenvalue weighted by molar-refractivity contribution is 6.02. The number of carbonyl (C=O) groups is 1. The number of hydrogen-bond acceptors (Lipinski definition) is 4. The molecule has 1 aromatic heterocycles. The van der Waals surface area contributed by atoms with Gasteiger partial charge in [-0.15, -0.1) is 0 Å². The first kappa shape index (κ1) is 22.6. The minimum atomic E-state index is -0.166. The molecular weight excluding hydrogens is 420 g/mol. The number of piperazine rings is 1. The van der Waals surface area contributed by atoms with E-state index in [-0.39, 0.29) is 11.4 Å². The topological polar surface area (TPSA) is 48.5 Å². The summed E-state index contributed by atoms with van der Waals surface area (Å²) in [5.41, 5.74) is 3.94. The molecule has 0 atom stereocenters. The van der Waals surface area contributed by atoms with Gasteiger partial charge in [-0.3, -0.25) is 14.7 Å². The molecule has 1 saturated carbocycles. The summed E-state index contributed by atoms with van der Waals surface area (Å²) in [5.74, 6) is 0.603. The van der Waals surface area contributed by atoms with Crippen LogP contribution in [0.1, 0.15) is 48.7 Å². The fourth-order valence-electron chi connectivity index (χ4n) is 5.64. The lowest BCUT2D eigenvalue weighted by Gasteiger charge is -2.51. The Morgan fingerprint density at radius 1 is 0.912 bits per heavy atom. The molecule has 5 heteroatoms. The van der Waals surface area contributed by atoms with E-state index in [2.05, 4.69) is 75.6 Å². The third kappa shape index (κ3) is 4.71. The molecule has 5 nitrogen and oxygen atoms in total. The number of hydrogen-bond donors (Lipinski definition) is 1. The van der Waals surface area contributed by atoms with Crippen molar-refractivity contribution in [3.63, 3.8) is 0 Å². The van der Waals surface area contributed by atoms with E-state index in [0.717, 1.165) is 50.6 Å². The molecule has 1 aliphatic heterocycles. The van der Waals surface area contributed by atoms with E-state index in [4.69, 9.17) is 0 Å². The molecule has 1 saturated heterocycles. The zero-order valence-electron chi connectivity index (χ0n) is 20.0. The van der Waals surface area contributed by atoms with Gasteiger partial charge in [0, 0.05) is 49.3 Å². The number of nitrogens with one attached hydrogen (secondary N) is 1. The largest absolute Gasteiger partial charge is 0.369 e. The number of anilines is 2. The van der Waals surface area contributed by atoms with Crippen LogP contribution in [0.4, 0.5) is 11.4 Å². The Kier molecular flexibility index (Phi) is 6.63. The first-order valence-corrected chi connectivity index (χ1v) is 12.5. The minimum Gasteiger partial charge on any atom is -0.369 e. The lowest BCUT2D eigenvalue weighted by molar-refractivity contribution is 0.0299. The van der Waals surface area contributed by atoms with Crippen molar-refractivity contribution in [2.45, 2.75) is 38.1 Å². The molecule has 1 amide bonds. The van der Waals surface area contributed by atoms with Crippen molar-refractivity contribution in [3.8, 4) is 0 Å². The van der Waals surface area contributed by atoms with Crippen LogP contribution in [0.5, 0.6) is 0 Å². The van der Waals surface area contributed by atoms with E-state index in [9.17, 15) is 4.79 Å². The molecular formula is C29H34N4O. The van der Waals surface area contributed by atoms with E-state index < -0.39 is 0 Å². The fraction of sp³-hybridized carbons (Fsp3) is 0.379. The number of benzene rings is 2. The van der Waals surface area contributed by atoms with Crippen molar-refractivity contribution in [3.05, 3.63) is 90.3 Å². The Morgan fingerprint density at radius 2 is 1.65 bits per heavy atom. The van der Waals surface area contributed by atoms with Gasteiger partial charge < -0.3 is 10.2 Å². The van der Waals surface area contributed by atoms with Crippen LogP contribution in [0.3, 0.4) is 0 Å². The summed E-state index contributed by atoms with van der Waals surface area (Å²) >= 11 is 0. The Hall–Kier alpha value is -3.18. The molecule has 3 aromatic rings. The number of para-hydroxylation sites is 1. The first-order chi connectivity index (χ1) is 16.6. The molecule has 34 heavy (non-hydrogen) atoms. The van der Waals surface area contributed by atoms with E-state index in [1.807, 2.05) is 18.2 Å². The maximum Gasteiger partial charge on any atom is 0.274 e. The zero-order chi connectivity index (χ0) is 23.4. The predicted molar refractivity (Wildman–Crippen MR) is 138 cm³/mol. The quantitative estimate of drug-likeness (QED) is 0.548. The standard InChI is InChI=1S/C29H34N4O/c1-23-13-15-29(16-14-23,33-20-18-32(19-21-33)26-10-3-2-4-11-26)24-8-7-9-25(22-24)31-28(34)27-12-5-6-17-30-27/h2-12,17,22-23H,13-16,18-21H2,1H3,(H,31,34). The van der Waals surface area contributed by atoms with Crippen molar-refractivity contribution in [1.29, 1.82) is 0 Å². The van der Waals surface area contributed by atoms with Gasteiger partial charge in [0.15, 0.2) is 0 Å². The summed E-state index contributed by atoms with van der Waals surface area (Å²) in [4.78, 5) is 22.1. The Bertz CT molecular complexity index is 1090. The van der Waals surface area contributed by atoms with Crippen LogP contribution in [0, 0.1) is 5.92 Å². The number of pyridine rings is 1. The molecule has 0 radical (unpaired) electrons. The van der Waals surface area contributed by atoms with Crippen LogP contribution in [0.15, 0.2) is 79.0 Å². The van der Waals surface area contributed by atoms with Crippen molar-refractivity contribution in [2.75, 3.05) is 36.4 Å². The summed E-state index contributed by atoms with van der Waals surface area (Å²) in [6, 6.07) is 24.7. The first-order valence-electron chi connectivity index (χ1n) is 12.5. The number of aromatic nitrogens is 1. The maximum atomic E-state index is 12.7. The Balaban J connectivity index is 1.37. The Morgan fingerprint density at radius 3 is 2.35 bits per heavy atom. The average Bonchev–Trinajstić information content (AvgIpc) is 2.91. The molecule has 1 aliphatic carbocycles. The van der Waals surface area contributed by atoms with Crippen LogP contribution in [-0.2, 0) is 5.54 Å². The number of amides is 1. The SMILES string of the molecule is CC1CCC(c2cccc(NC(=O)c3ccccn3)c2)(N2CCN(c3ccccc3)CC2)CC1. The molecule has 0 spiro atoms. The van der Waals surface area contributed by atoms with Crippen molar-refractivity contribution in [1.82, 2.24) is 9.88 Å². The summed E-state index contributed by atoms with van der Waals surface area (Å²) < 4.78 is 0. The van der Waals surface area contributed by atoms with E-state index in [1.54, 1.807) is 12.3 Å². The molecule has 1 N–H and O–H groups in total. The lowest BCUT2D eigenvalue weighted by Crippen LogP contribution is -2.56. The molecule has 5 rings (SSSR count). The molecule has 2 heterocycles. The summed E-state index contributed by atoms with van der Waals surface area (Å²) in [5, 5.41) is 3.07. The molecule has 0 bridgehead atoms. The Labute approximate surface area is 202 Å². The number of carbonyl (C=O) groups excluding carboxylic acids is 1. The van der Waals surface area contributed by atoms with Gasteiger partial charge in [0.1, 0.15) is 5.69 Å². The van der Waals surface area contributed by atoms with Crippen molar-refractivity contribution < 1.29 is 4.79 Å². The molecule has 2 aliphatic rings. The molecule has 176 valence electrons. The van der Waals surface area contributed by atoms with Gasteiger partial charge in [0.2, 0.25) is 0 Å². The third-order valence-corrected chi connectivity index (χ3v) is 7.66. The van der Waals surface area contributed by atoms with Gasteiger partial charge in [-0.25, -0.2) is 0 Å². The predicted octanol–water partition coefficient (Wildman–Crippen LogP) is 5.56. The zero-order valence-corrected chi connectivity index (χ0v) is 20.0. The van der Waals surface area contributed by atoms with Crippen LogP contribution in [-0.4, -0.2) is 42.0 Å². The van der Waals surface area contributed by atoms with Crippen LogP contribution in [0.2, 0.25) is 0 Å². The second-order valence-corrected chi connectivity index (χ2v) is 9.77. The van der Waals surface area contributed by atoms with Crippen LogP contribution in [0.25, 0.3) is 0 Å². The fourth-order valence-corrected chi connectivity index (χ4v) is 5.64. The van der Waals surface area contributed by atoms with Gasteiger partial charge in [0.05, 0.1) is 0 Å². The maximum absolute atomic E-state index is 12.7. The lowest BCUT2D eigenvalue weighted by atomic mass is 9.71.